The summed E-state index contributed by atoms with van der Waals surface area (Å²) in [5.41, 5.74) is 5.23. The zero-order chi connectivity index (χ0) is 14.9. The number of anilines is 1. The van der Waals surface area contributed by atoms with E-state index in [-0.39, 0.29) is 4.90 Å². The summed E-state index contributed by atoms with van der Waals surface area (Å²) in [7, 11) is -0.448. The predicted octanol–water partition coefficient (Wildman–Crippen LogP) is 1.63. The summed E-state index contributed by atoms with van der Waals surface area (Å²) in [6.45, 7) is 3.95. The number of aromatic nitrogens is 2. The van der Waals surface area contributed by atoms with Crippen molar-refractivity contribution < 1.29 is 8.42 Å². The van der Waals surface area contributed by atoms with Crippen molar-refractivity contribution in [2.45, 2.75) is 18.7 Å². The first-order valence-corrected chi connectivity index (χ1v) is 7.57. The van der Waals surface area contributed by atoms with Crippen LogP contribution in [0.5, 0.6) is 0 Å². The summed E-state index contributed by atoms with van der Waals surface area (Å²) in [5.74, 6) is 0.588. The fourth-order valence-electron chi connectivity index (χ4n) is 1.77. The quantitative estimate of drug-likeness (QED) is 0.930. The lowest BCUT2D eigenvalue weighted by molar-refractivity contribution is 0.520. The first kappa shape index (κ1) is 14.5. The van der Waals surface area contributed by atoms with Crippen LogP contribution in [0.25, 0.3) is 0 Å². The van der Waals surface area contributed by atoms with Crippen molar-refractivity contribution in [1.29, 1.82) is 0 Å². The molecular formula is C13H18N4O2S. The smallest absolute Gasteiger partial charge is 0.244 e. The van der Waals surface area contributed by atoms with Gasteiger partial charge >= 0.3 is 0 Å². The van der Waals surface area contributed by atoms with Crippen LogP contribution in [0.15, 0.2) is 35.4 Å². The van der Waals surface area contributed by atoms with Crippen LogP contribution in [0, 0.1) is 13.8 Å². The van der Waals surface area contributed by atoms with E-state index in [4.69, 9.17) is 0 Å². The summed E-state index contributed by atoms with van der Waals surface area (Å²) >= 11 is 0. The van der Waals surface area contributed by atoms with Gasteiger partial charge < -0.3 is 0 Å². The second-order valence-electron chi connectivity index (χ2n) is 4.73. The Morgan fingerprint density at radius 1 is 1.10 bits per heavy atom. The molecule has 0 saturated carbocycles. The summed E-state index contributed by atoms with van der Waals surface area (Å²) in [6, 6.07) is 7.18. The normalized spacial score (nSPS) is 11.8. The molecule has 2 aromatic heterocycles. The number of aryl methyl sites for hydroxylation is 2. The maximum Gasteiger partial charge on any atom is 0.244 e. The minimum atomic E-state index is -3.44. The molecule has 0 amide bonds. The first-order chi connectivity index (χ1) is 9.32. The van der Waals surface area contributed by atoms with Gasteiger partial charge in [0.25, 0.3) is 0 Å². The van der Waals surface area contributed by atoms with E-state index >= 15 is 0 Å². The third-order valence-corrected chi connectivity index (χ3v) is 4.81. The van der Waals surface area contributed by atoms with Crippen molar-refractivity contribution in [3.05, 3.63) is 41.9 Å². The van der Waals surface area contributed by atoms with Crippen LogP contribution in [0.2, 0.25) is 0 Å². The number of sulfonamides is 1. The highest BCUT2D eigenvalue weighted by molar-refractivity contribution is 7.89. The molecule has 0 aliphatic rings. The molecule has 0 unspecified atom stereocenters. The van der Waals surface area contributed by atoms with Gasteiger partial charge in [-0.3, -0.25) is 10.1 Å². The molecule has 0 aromatic carbocycles. The third kappa shape index (κ3) is 2.68. The van der Waals surface area contributed by atoms with E-state index in [1.165, 1.54) is 20.3 Å². The van der Waals surface area contributed by atoms with Crippen molar-refractivity contribution in [3.63, 3.8) is 0 Å². The monoisotopic (exact) mass is 294 g/mol. The summed E-state index contributed by atoms with van der Waals surface area (Å²) in [6.07, 6.45) is 1.35. The summed E-state index contributed by atoms with van der Waals surface area (Å²) in [5, 5.41) is 0. The van der Waals surface area contributed by atoms with Crippen LogP contribution in [-0.4, -0.2) is 36.5 Å². The molecule has 0 aliphatic heterocycles. The Morgan fingerprint density at radius 3 is 2.15 bits per heavy atom. The zero-order valence-corrected chi connectivity index (χ0v) is 12.8. The van der Waals surface area contributed by atoms with Crippen LogP contribution >= 0.6 is 0 Å². The fourth-order valence-corrected chi connectivity index (χ4v) is 2.62. The SMILES string of the molecule is Cc1ccc(C)n1Nc1ccc(S(=O)(=O)N(C)C)cn1. The molecule has 2 aromatic rings. The molecule has 2 rings (SSSR count). The maximum atomic E-state index is 11.9. The summed E-state index contributed by atoms with van der Waals surface area (Å²) in [4.78, 5) is 4.32. The van der Waals surface area contributed by atoms with Gasteiger partial charge in [0.1, 0.15) is 10.7 Å². The standard InChI is InChI=1S/C13H18N4O2S/c1-10-5-6-11(2)17(10)15-13-8-7-12(9-14-13)20(18,19)16(3)4/h5-9H,1-4H3,(H,14,15). The van der Waals surface area contributed by atoms with Gasteiger partial charge in [0.2, 0.25) is 10.0 Å². The highest BCUT2D eigenvalue weighted by atomic mass is 32.2. The average Bonchev–Trinajstić information content (AvgIpc) is 2.71. The van der Waals surface area contributed by atoms with Gasteiger partial charge in [-0.1, -0.05) is 0 Å². The van der Waals surface area contributed by atoms with Gasteiger partial charge in [0.05, 0.1) is 0 Å². The Hall–Kier alpha value is -1.86. The van der Waals surface area contributed by atoms with E-state index in [0.717, 1.165) is 15.7 Å². The molecule has 0 radical (unpaired) electrons. The topological polar surface area (TPSA) is 67.2 Å². The van der Waals surface area contributed by atoms with Crippen LogP contribution in [0.4, 0.5) is 5.82 Å². The van der Waals surface area contributed by atoms with E-state index in [0.29, 0.717) is 5.82 Å². The maximum absolute atomic E-state index is 11.9. The van der Waals surface area contributed by atoms with Crippen LogP contribution in [-0.2, 0) is 10.0 Å². The molecule has 0 spiro atoms. The Kier molecular flexibility index (Phi) is 3.82. The molecule has 20 heavy (non-hydrogen) atoms. The van der Waals surface area contributed by atoms with E-state index in [1.807, 2.05) is 30.7 Å². The van der Waals surface area contributed by atoms with Crippen LogP contribution < -0.4 is 5.43 Å². The van der Waals surface area contributed by atoms with Crippen molar-refractivity contribution in [3.8, 4) is 0 Å². The lowest BCUT2D eigenvalue weighted by Crippen LogP contribution is -2.22. The third-order valence-electron chi connectivity index (χ3n) is 3.01. The van der Waals surface area contributed by atoms with Gasteiger partial charge in [0.15, 0.2) is 0 Å². The molecule has 0 saturated heterocycles. The summed E-state index contributed by atoms with van der Waals surface area (Å²) < 4.78 is 26.9. The van der Waals surface area contributed by atoms with Gasteiger partial charge in [-0.05, 0) is 38.1 Å². The van der Waals surface area contributed by atoms with Crippen molar-refractivity contribution in [2.75, 3.05) is 19.5 Å². The Balaban J connectivity index is 2.26. The molecule has 0 aliphatic carbocycles. The first-order valence-electron chi connectivity index (χ1n) is 6.13. The number of rotatable bonds is 4. The number of nitrogens with one attached hydrogen (secondary N) is 1. The molecule has 0 atom stereocenters. The molecule has 0 fully saturated rings. The number of hydrogen-bond donors (Lipinski definition) is 1. The Labute approximate surface area is 119 Å². The highest BCUT2D eigenvalue weighted by Crippen LogP contribution is 2.15. The predicted molar refractivity (Wildman–Crippen MR) is 78.0 cm³/mol. The van der Waals surface area contributed by atoms with E-state index in [1.54, 1.807) is 12.1 Å². The highest BCUT2D eigenvalue weighted by Gasteiger charge is 2.17. The van der Waals surface area contributed by atoms with E-state index in [9.17, 15) is 8.42 Å². The van der Waals surface area contributed by atoms with Gasteiger partial charge in [-0.2, -0.15) is 0 Å². The lowest BCUT2D eigenvalue weighted by atomic mass is 10.5. The minimum Gasteiger partial charge on any atom is -0.278 e. The Morgan fingerprint density at radius 2 is 1.70 bits per heavy atom. The fraction of sp³-hybridized carbons (Fsp3) is 0.308. The molecule has 7 heteroatoms. The van der Waals surface area contributed by atoms with Crippen LogP contribution in [0.1, 0.15) is 11.4 Å². The van der Waals surface area contributed by atoms with E-state index < -0.39 is 10.0 Å². The van der Waals surface area contributed by atoms with E-state index in [2.05, 4.69) is 10.4 Å². The van der Waals surface area contributed by atoms with Crippen molar-refractivity contribution >= 4 is 15.8 Å². The lowest BCUT2D eigenvalue weighted by Gasteiger charge is -2.13. The molecule has 6 nitrogen and oxygen atoms in total. The molecule has 108 valence electrons. The zero-order valence-electron chi connectivity index (χ0n) is 12.0. The second-order valence-corrected chi connectivity index (χ2v) is 6.88. The van der Waals surface area contributed by atoms with Gasteiger partial charge in [0, 0.05) is 31.7 Å². The number of pyridine rings is 1. The second kappa shape index (κ2) is 5.26. The molecule has 0 bridgehead atoms. The number of nitrogens with zero attached hydrogens (tertiary/aromatic N) is 3. The van der Waals surface area contributed by atoms with Gasteiger partial charge in [-0.15, -0.1) is 0 Å². The molecule has 1 N–H and O–H groups in total. The van der Waals surface area contributed by atoms with Crippen LogP contribution in [0.3, 0.4) is 0 Å². The van der Waals surface area contributed by atoms with Crippen molar-refractivity contribution in [1.82, 2.24) is 14.0 Å². The largest absolute Gasteiger partial charge is 0.278 e. The molecular weight excluding hydrogens is 276 g/mol. The molecule has 2 heterocycles. The minimum absolute atomic E-state index is 0.175. The van der Waals surface area contributed by atoms with Crippen molar-refractivity contribution in [2.24, 2.45) is 0 Å². The number of hydrogen-bond acceptors (Lipinski definition) is 4. The van der Waals surface area contributed by atoms with Gasteiger partial charge in [-0.25, -0.2) is 17.7 Å². The Bertz CT molecular complexity index is 683. The average molecular weight is 294 g/mol.